The first-order chi connectivity index (χ1) is 9.06. The summed E-state index contributed by atoms with van der Waals surface area (Å²) in [6.07, 6.45) is 0.818. The highest BCUT2D eigenvalue weighted by Crippen LogP contribution is 2.20. The molecular formula is C16H19ClN2. The van der Waals surface area contributed by atoms with E-state index in [1.165, 1.54) is 11.3 Å². The van der Waals surface area contributed by atoms with Gasteiger partial charge in [-0.25, -0.2) is 0 Å². The highest BCUT2D eigenvalue weighted by molar-refractivity contribution is 6.30. The van der Waals surface area contributed by atoms with Gasteiger partial charge in [0, 0.05) is 30.8 Å². The maximum Gasteiger partial charge on any atom is 0.0406 e. The number of hydrogen-bond donors (Lipinski definition) is 1. The molecule has 0 aliphatic heterocycles. The second-order valence-electron chi connectivity index (χ2n) is 4.92. The zero-order valence-electron chi connectivity index (χ0n) is 11.3. The molecule has 0 heterocycles. The first-order valence-corrected chi connectivity index (χ1v) is 6.71. The molecule has 0 aliphatic rings. The van der Waals surface area contributed by atoms with Crippen LogP contribution < -0.4 is 10.6 Å². The van der Waals surface area contributed by atoms with E-state index in [2.05, 4.69) is 29.2 Å². The summed E-state index contributed by atoms with van der Waals surface area (Å²) in [4.78, 5) is 2.08. The lowest BCUT2D eigenvalue weighted by Gasteiger charge is -2.16. The zero-order chi connectivity index (χ0) is 13.8. The van der Waals surface area contributed by atoms with Crippen molar-refractivity contribution in [2.75, 3.05) is 19.0 Å². The van der Waals surface area contributed by atoms with Gasteiger partial charge in [0.2, 0.25) is 0 Å². The van der Waals surface area contributed by atoms with Gasteiger partial charge < -0.3 is 10.6 Å². The fourth-order valence-electron chi connectivity index (χ4n) is 2.01. The lowest BCUT2D eigenvalue weighted by Crippen LogP contribution is -2.14. The van der Waals surface area contributed by atoms with Crippen LogP contribution in [0.3, 0.4) is 0 Å². The van der Waals surface area contributed by atoms with Crippen LogP contribution in [0.15, 0.2) is 48.5 Å². The minimum Gasteiger partial charge on any atom is -0.378 e. The Morgan fingerprint density at radius 2 is 1.58 bits per heavy atom. The lowest BCUT2D eigenvalue weighted by atomic mass is 9.99. The first kappa shape index (κ1) is 13.9. The largest absolute Gasteiger partial charge is 0.378 e. The van der Waals surface area contributed by atoms with Gasteiger partial charge in [-0.1, -0.05) is 35.9 Å². The number of nitrogens with zero attached hydrogens (tertiary/aromatic N) is 1. The van der Waals surface area contributed by atoms with Crippen LogP contribution in [-0.2, 0) is 6.42 Å². The molecule has 0 radical (unpaired) electrons. The normalized spacial score (nSPS) is 12.2. The monoisotopic (exact) mass is 274 g/mol. The molecule has 3 heteroatoms. The Balaban J connectivity index is 2.07. The molecule has 0 saturated carbocycles. The van der Waals surface area contributed by atoms with Crippen molar-refractivity contribution in [1.29, 1.82) is 0 Å². The number of halogens is 1. The van der Waals surface area contributed by atoms with E-state index in [1.54, 1.807) is 0 Å². The van der Waals surface area contributed by atoms with E-state index in [-0.39, 0.29) is 6.04 Å². The Hall–Kier alpha value is -1.51. The van der Waals surface area contributed by atoms with Crippen LogP contribution in [0.25, 0.3) is 0 Å². The first-order valence-electron chi connectivity index (χ1n) is 6.33. The van der Waals surface area contributed by atoms with Gasteiger partial charge in [-0.2, -0.15) is 0 Å². The number of nitrogens with two attached hydrogens (primary N) is 1. The molecule has 1 unspecified atom stereocenters. The summed E-state index contributed by atoms with van der Waals surface area (Å²) in [5.41, 5.74) is 9.78. The van der Waals surface area contributed by atoms with Gasteiger partial charge in [0.25, 0.3) is 0 Å². The van der Waals surface area contributed by atoms with Crippen molar-refractivity contribution in [3.05, 3.63) is 64.7 Å². The molecule has 19 heavy (non-hydrogen) atoms. The van der Waals surface area contributed by atoms with Gasteiger partial charge in [-0.15, -0.1) is 0 Å². The molecule has 0 aliphatic carbocycles. The predicted octanol–water partition coefficient (Wildman–Crippen LogP) is 3.65. The standard InChI is InChI=1S/C16H19ClN2/c1-19(2)15-9-5-13(6-10-15)16(18)11-12-3-7-14(17)8-4-12/h3-10,16H,11,18H2,1-2H3. The van der Waals surface area contributed by atoms with Crippen molar-refractivity contribution in [3.8, 4) is 0 Å². The van der Waals surface area contributed by atoms with E-state index in [1.807, 2.05) is 38.4 Å². The van der Waals surface area contributed by atoms with E-state index in [9.17, 15) is 0 Å². The topological polar surface area (TPSA) is 29.3 Å². The fraction of sp³-hybridized carbons (Fsp3) is 0.250. The molecule has 2 rings (SSSR count). The number of rotatable bonds is 4. The van der Waals surface area contributed by atoms with Crippen molar-refractivity contribution >= 4 is 17.3 Å². The highest BCUT2D eigenvalue weighted by Gasteiger charge is 2.07. The summed E-state index contributed by atoms with van der Waals surface area (Å²) in [6, 6.07) is 16.2. The second-order valence-corrected chi connectivity index (χ2v) is 5.36. The van der Waals surface area contributed by atoms with E-state index in [4.69, 9.17) is 17.3 Å². The average Bonchev–Trinajstić information content (AvgIpc) is 2.41. The van der Waals surface area contributed by atoms with Crippen LogP contribution in [0.4, 0.5) is 5.69 Å². The van der Waals surface area contributed by atoms with Crippen LogP contribution in [-0.4, -0.2) is 14.1 Å². The Morgan fingerprint density at radius 1 is 1.00 bits per heavy atom. The summed E-state index contributed by atoms with van der Waals surface area (Å²) in [5.74, 6) is 0. The zero-order valence-corrected chi connectivity index (χ0v) is 12.1. The summed E-state index contributed by atoms with van der Waals surface area (Å²) < 4.78 is 0. The molecule has 2 aromatic carbocycles. The molecule has 100 valence electrons. The van der Waals surface area contributed by atoms with Crippen molar-refractivity contribution in [2.24, 2.45) is 5.73 Å². The molecule has 2 N–H and O–H groups in total. The smallest absolute Gasteiger partial charge is 0.0406 e. The molecule has 0 spiro atoms. The minimum atomic E-state index is 0.0115. The Kier molecular flexibility index (Phi) is 4.46. The molecule has 0 amide bonds. The van der Waals surface area contributed by atoms with Gasteiger partial charge >= 0.3 is 0 Å². The number of benzene rings is 2. The molecule has 2 nitrogen and oxygen atoms in total. The summed E-state index contributed by atoms with van der Waals surface area (Å²) in [7, 11) is 4.06. The molecule has 0 fully saturated rings. The van der Waals surface area contributed by atoms with Crippen LogP contribution in [0.5, 0.6) is 0 Å². The van der Waals surface area contributed by atoms with Crippen LogP contribution >= 0.6 is 11.6 Å². The fourth-order valence-corrected chi connectivity index (χ4v) is 2.14. The summed E-state index contributed by atoms with van der Waals surface area (Å²) >= 11 is 5.88. The maximum atomic E-state index is 6.24. The van der Waals surface area contributed by atoms with Crippen molar-refractivity contribution in [1.82, 2.24) is 0 Å². The molecule has 2 aromatic rings. The van der Waals surface area contributed by atoms with Gasteiger partial charge in [-0.05, 0) is 41.8 Å². The third-order valence-corrected chi connectivity index (χ3v) is 3.46. The summed E-state index contributed by atoms with van der Waals surface area (Å²) in [5, 5.41) is 0.757. The van der Waals surface area contributed by atoms with Crippen LogP contribution in [0.1, 0.15) is 17.2 Å². The highest BCUT2D eigenvalue weighted by atomic mass is 35.5. The molecule has 0 aromatic heterocycles. The van der Waals surface area contributed by atoms with Crippen molar-refractivity contribution in [2.45, 2.75) is 12.5 Å². The Bertz CT molecular complexity index is 517. The van der Waals surface area contributed by atoms with E-state index >= 15 is 0 Å². The average molecular weight is 275 g/mol. The number of anilines is 1. The predicted molar refractivity (Wildman–Crippen MR) is 82.9 cm³/mol. The van der Waals surface area contributed by atoms with Crippen LogP contribution in [0, 0.1) is 0 Å². The number of hydrogen-bond acceptors (Lipinski definition) is 2. The summed E-state index contributed by atoms with van der Waals surface area (Å²) in [6.45, 7) is 0. The van der Waals surface area contributed by atoms with Gasteiger partial charge in [0.15, 0.2) is 0 Å². The quantitative estimate of drug-likeness (QED) is 0.922. The Morgan fingerprint density at radius 3 is 2.11 bits per heavy atom. The lowest BCUT2D eigenvalue weighted by molar-refractivity contribution is 0.722. The van der Waals surface area contributed by atoms with E-state index < -0.39 is 0 Å². The third-order valence-electron chi connectivity index (χ3n) is 3.21. The molecule has 1 atom stereocenters. The van der Waals surface area contributed by atoms with E-state index in [0.29, 0.717) is 0 Å². The van der Waals surface area contributed by atoms with Gasteiger partial charge in [-0.3, -0.25) is 0 Å². The molecule has 0 bridgehead atoms. The van der Waals surface area contributed by atoms with Gasteiger partial charge in [0.05, 0.1) is 0 Å². The Labute approximate surface area is 119 Å². The van der Waals surface area contributed by atoms with Crippen molar-refractivity contribution in [3.63, 3.8) is 0 Å². The molecular weight excluding hydrogens is 256 g/mol. The van der Waals surface area contributed by atoms with Crippen molar-refractivity contribution < 1.29 is 0 Å². The van der Waals surface area contributed by atoms with Crippen LogP contribution in [0.2, 0.25) is 5.02 Å². The third kappa shape index (κ3) is 3.72. The van der Waals surface area contributed by atoms with E-state index in [0.717, 1.165) is 17.0 Å². The maximum absolute atomic E-state index is 6.24. The SMILES string of the molecule is CN(C)c1ccc(C(N)Cc2ccc(Cl)cc2)cc1. The van der Waals surface area contributed by atoms with Gasteiger partial charge in [0.1, 0.15) is 0 Å². The second kappa shape index (κ2) is 6.09. The molecule has 0 saturated heterocycles. The minimum absolute atomic E-state index is 0.0115.